The number of carbonyl (C=O) groups is 2. The molecule has 1 aromatic heterocycles. The molecule has 2 fully saturated rings. The Bertz CT molecular complexity index is 1190. The van der Waals surface area contributed by atoms with E-state index in [0.29, 0.717) is 12.8 Å². The molecule has 2 saturated heterocycles. The third-order valence-corrected chi connectivity index (χ3v) is 9.49. The molecule has 7 nitrogen and oxygen atoms in total. The number of nitrogens with zero attached hydrogens (tertiary/aromatic N) is 1. The fourth-order valence-corrected chi connectivity index (χ4v) is 6.51. The van der Waals surface area contributed by atoms with Crippen molar-refractivity contribution in [1.82, 2.24) is 4.98 Å². The van der Waals surface area contributed by atoms with Gasteiger partial charge in [-0.1, -0.05) is 39.3 Å². The molecule has 3 heterocycles. The molecule has 0 bridgehead atoms. The summed E-state index contributed by atoms with van der Waals surface area (Å²) in [6.45, 7) is 13.0. The van der Waals surface area contributed by atoms with Crippen LogP contribution in [0.15, 0.2) is 30.9 Å². The Balaban J connectivity index is 1.63. The van der Waals surface area contributed by atoms with Crippen LogP contribution in [0.25, 0.3) is 10.2 Å². The highest BCUT2D eigenvalue weighted by atomic mass is 32.1. The molecule has 38 heavy (non-hydrogen) atoms. The standard InChI is InChI=1S/C30H41NO6S/c1-7-9-20-27(34)17(2)10-8-13-30(6)25(37-30)15-22(19-11-12-23-21(14-19)31-18(3)38-23)36-26(33)16-24(32)29(4,5)28(20)35/h7,11-12,14,17,20,22,24-25,27,32,34H,1,8-10,13,15-16H2,2-6H3/t17-,20-,22-,24+,25?,27+,30-/m0/s1. The number of carbonyl (C=O) groups excluding carboxylic acids is 2. The Morgan fingerprint density at radius 3 is 2.68 bits per heavy atom. The van der Waals surface area contributed by atoms with E-state index in [1.165, 1.54) is 0 Å². The monoisotopic (exact) mass is 543 g/mol. The fraction of sp³-hybridized carbons (Fsp3) is 0.633. The van der Waals surface area contributed by atoms with Crippen LogP contribution in [0.5, 0.6) is 0 Å². The Morgan fingerprint density at radius 2 is 1.97 bits per heavy atom. The van der Waals surface area contributed by atoms with Crippen LogP contribution in [-0.4, -0.2) is 50.9 Å². The van der Waals surface area contributed by atoms with Crippen molar-refractivity contribution in [3.05, 3.63) is 41.4 Å². The maximum absolute atomic E-state index is 13.6. The summed E-state index contributed by atoms with van der Waals surface area (Å²) >= 11 is 1.61. The van der Waals surface area contributed by atoms with E-state index in [1.54, 1.807) is 31.3 Å². The largest absolute Gasteiger partial charge is 0.457 e. The number of Topliss-reactive ketones (excluding diaryl/α,β-unsaturated/α-hetero) is 1. The van der Waals surface area contributed by atoms with Crippen LogP contribution >= 0.6 is 11.3 Å². The summed E-state index contributed by atoms with van der Waals surface area (Å²) in [5.74, 6) is -1.68. The number of aliphatic hydroxyl groups excluding tert-OH is 2. The zero-order valence-electron chi connectivity index (χ0n) is 23.1. The van der Waals surface area contributed by atoms with Gasteiger partial charge in [-0.25, -0.2) is 4.98 Å². The Labute approximate surface area is 229 Å². The number of ketones is 1. The van der Waals surface area contributed by atoms with Gasteiger partial charge < -0.3 is 19.7 Å². The van der Waals surface area contributed by atoms with Crippen molar-refractivity contribution < 1.29 is 29.3 Å². The van der Waals surface area contributed by atoms with Gasteiger partial charge in [0, 0.05) is 12.3 Å². The smallest absolute Gasteiger partial charge is 0.309 e. The number of aromatic nitrogens is 1. The number of allylic oxidation sites excluding steroid dienone is 1. The van der Waals surface area contributed by atoms with E-state index in [2.05, 4.69) is 18.5 Å². The molecule has 2 aliphatic rings. The minimum Gasteiger partial charge on any atom is -0.457 e. The number of benzene rings is 1. The first-order valence-corrected chi connectivity index (χ1v) is 14.4. The minimum absolute atomic E-state index is 0.0715. The van der Waals surface area contributed by atoms with E-state index < -0.39 is 35.6 Å². The number of thiazole rings is 1. The van der Waals surface area contributed by atoms with Gasteiger partial charge in [-0.3, -0.25) is 9.59 Å². The van der Waals surface area contributed by atoms with Crippen LogP contribution < -0.4 is 0 Å². The summed E-state index contributed by atoms with van der Waals surface area (Å²) in [6, 6.07) is 5.92. The first kappa shape index (κ1) is 28.9. The third kappa shape index (κ3) is 6.03. The second-order valence-electron chi connectivity index (χ2n) is 11.9. The summed E-state index contributed by atoms with van der Waals surface area (Å²) in [7, 11) is 0. The molecule has 0 aliphatic carbocycles. The van der Waals surface area contributed by atoms with E-state index >= 15 is 0 Å². The second kappa shape index (κ2) is 11.2. The molecule has 0 saturated carbocycles. The lowest BCUT2D eigenvalue weighted by Crippen LogP contribution is -2.46. The molecule has 208 valence electrons. The van der Waals surface area contributed by atoms with Gasteiger partial charge in [0.05, 0.1) is 51.0 Å². The average Bonchev–Trinajstić information content (AvgIpc) is 3.32. The first-order valence-electron chi connectivity index (χ1n) is 13.6. The van der Waals surface area contributed by atoms with Gasteiger partial charge in [-0.15, -0.1) is 17.9 Å². The van der Waals surface area contributed by atoms with Gasteiger partial charge in [0.25, 0.3) is 0 Å². The lowest BCUT2D eigenvalue weighted by molar-refractivity contribution is -0.156. The van der Waals surface area contributed by atoms with E-state index in [0.717, 1.165) is 40.1 Å². The number of esters is 1. The van der Waals surface area contributed by atoms with Gasteiger partial charge in [0.2, 0.25) is 0 Å². The third-order valence-electron chi connectivity index (χ3n) is 8.54. The van der Waals surface area contributed by atoms with Crippen molar-refractivity contribution in [1.29, 1.82) is 0 Å². The molecule has 1 unspecified atom stereocenters. The number of cyclic esters (lactones) is 1. The van der Waals surface area contributed by atoms with Gasteiger partial charge in [0.15, 0.2) is 0 Å². The van der Waals surface area contributed by atoms with Crippen molar-refractivity contribution in [2.24, 2.45) is 17.3 Å². The van der Waals surface area contributed by atoms with E-state index in [9.17, 15) is 19.8 Å². The SMILES string of the molecule is C=CC[C@@H]1C(=O)C(C)(C)[C@H](O)CC(=O)O[C@H](c2ccc3sc(C)nc3c2)CC2O[C@@]2(C)CCC[C@H](C)[C@H]1O. The number of ether oxygens (including phenoxy) is 2. The molecule has 8 heteroatoms. The summed E-state index contributed by atoms with van der Waals surface area (Å²) in [5, 5.41) is 23.2. The Kier molecular flexibility index (Phi) is 8.48. The average molecular weight is 544 g/mol. The molecule has 4 rings (SSSR count). The normalized spacial score (nSPS) is 34.9. The highest BCUT2D eigenvalue weighted by Gasteiger charge is 2.53. The molecule has 7 atom stereocenters. The van der Waals surface area contributed by atoms with Crippen LogP contribution in [0.1, 0.15) is 82.9 Å². The summed E-state index contributed by atoms with van der Waals surface area (Å²) in [6.07, 6.45) is 1.71. The number of aryl methyl sites for hydroxylation is 1. The molecule has 2 aromatic rings. The van der Waals surface area contributed by atoms with Crippen molar-refractivity contribution in [3.8, 4) is 0 Å². The number of hydrogen-bond acceptors (Lipinski definition) is 8. The van der Waals surface area contributed by atoms with Gasteiger partial charge in [-0.05, 0) is 56.7 Å². The van der Waals surface area contributed by atoms with E-state index in [-0.39, 0.29) is 29.8 Å². The van der Waals surface area contributed by atoms with Crippen LogP contribution in [0.3, 0.4) is 0 Å². The highest BCUT2D eigenvalue weighted by molar-refractivity contribution is 7.18. The first-order chi connectivity index (χ1) is 17.9. The molecule has 0 amide bonds. The predicted molar refractivity (Wildman–Crippen MR) is 148 cm³/mol. The molecule has 0 radical (unpaired) electrons. The molecule has 2 aliphatic heterocycles. The van der Waals surface area contributed by atoms with E-state index in [4.69, 9.17) is 9.47 Å². The molecular formula is C30H41NO6S. The lowest BCUT2D eigenvalue weighted by Gasteiger charge is -2.35. The number of hydrogen-bond donors (Lipinski definition) is 2. The van der Waals surface area contributed by atoms with Crippen LogP contribution in [0.2, 0.25) is 0 Å². The zero-order valence-corrected chi connectivity index (χ0v) is 23.9. The highest BCUT2D eigenvalue weighted by Crippen LogP contribution is 2.47. The summed E-state index contributed by atoms with van der Waals surface area (Å²) < 4.78 is 13.2. The zero-order chi connectivity index (χ0) is 27.8. The maximum atomic E-state index is 13.6. The number of rotatable bonds is 3. The van der Waals surface area contributed by atoms with Gasteiger partial charge in [0.1, 0.15) is 11.9 Å². The quantitative estimate of drug-likeness (QED) is 0.301. The maximum Gasteiger partial charge on any atom is 0.309 e. The minimum atomic E-state index is -1.27. The molecule has 0 spiro atoms. The van der Waals surface area contributed by atoms with E-state index in [1.807, 2.05) is 32.0 Å². The summed E-state index contributed by atoms with van der Waals surface area (Å²) in [4.78, 5) is 31.3. The second-order valence-corrected chi connectivity index (χ2v) is 13.1. The fourth-order valence-electron chi connectivity index (χ4n) is 5.70. The predicted octanol–water partition coefficient (Wildman–Crippen LogP) is 5.46. The van der Waals surface area contributed by atoms with Crippen molar-refractivity contribution in [3.63, 3.8) is 0 Å². The van der Waals surface area contributed by atoms with Gasteiger partial charge >= 0.3 is 5.97 Å². The number of fused-ring (bicyclic) bond motifs is 2. The van der Waals surface area contributed by atoms with Crippen LogP contribution in [-0.2, 0) is 19.1 Å². The number of epoxide rings is 1. The molecular weight excluding hydrogens is 502 g/mol. The Hall–Kier alpha value is -2.13. The van der Waals surface area contributed by atoms with Gasteiger partial charge in [-0.2, -0.15) is 0 Å². The lowest BCUT2D eigenvalue weighted by atomic mass is 9.71. The van der Waals surface area contributed by atoms with Crippen molar-refractivity contribution >= 4 is 33.3 Å². The van der Waals surface area contributed by atoms with Crippen molar-refractivity contribution in [2.75, 3.05) is 0 Å². The topological polar surface area (TPSA) is 109 Å². The molecule has 2 N–H and O–H groups in total. The number of aliphatic hydroxyl groups is 2. The molecule has 1 aromatic carbocycles. The van der Waals surface area contributed by atoms with Crippen LogP contribution in [0.4, 0.5) is 0 Å². The Morgan fingerprint density at radius 1 is 1.24 bits per heavy atom. The summed E-state index contributed by atoms with van der Waals surface area (Å²) in [5.41, 5.74) is 0.115. The van der Waals surface area contributed by atoms with Crippen molar-refractivity contribution in [2.45, 2.75) is 103 Å². The van der Waals surface area contributed by atoms with Crippen LogP contribution in [0, 0.1) is 24.2 Å².